The summed E-state index contributed by atoms with van der Waals surface area (Å²) in [6.45, 7) is 2.89. The third-order valence-corrected chi connectivity index (χ3v) is 6.25. The molecular weight excluding hydrogens is 319 g/mol. The maximum absolute atomic E-state index is 10.8. The highest BCUT2D eigenvalue weighted by molar-refractivity contribution is 7.17. The molecule has 4 fully saturated rings. The molecule has 0 saturated heterocycles. The Balaban J connectivity index is 1.73. The normalized spacial score (nSPS) is 30.6. The van der Waals surface area contributed by atoms with Crippen LogP contribution in [0.25, 0.3) is 5.76 Å². The highest BCUT2D eigenvalue weighted by Gasteiger charge is 2.46. The second kappa shape index (κ2) is 6.88. The van der Waals surface area contributed by atoms with Crippen molar-refractivity contribution >= 4 is 14.4 Å². The lowest BCUT2D eigenvalue weighted by Crippen LogP contribution is -2.41. The molecule has 0 atom stereocenters. The molecule has 4 aliphatic carbocycles. The molecule has 128 valence electrons. The first-order valence-corrected chi connectivity index (χ1v) is 9.98. The fraction of sp³-hybridized carbons (Fsp3) is 0.600. The van der Waals surface area contributed by atoms with Crippen molar-refractivity contribution in [2.24, 2.45) is 23.7 Å². The molecule has 1 aromatic carbocycles. The minimum atomic E-state index is -0.313. The maximum atomic E-state index is 10.8. The first-order chi connectivity index (χ1) is 11.8. The largest absolute Gasteiger partial charge is 0.493 e. The van der Waals surface area contributed by atoms with Crippen molar-refractivity contribution in [3.8, 4) is 5.75 Å². The van der Waals surface area contributed by atoms with Crippen LogP contribution in [0.1, 0.15) is 51.0 Å². The second-order valence-corrected chi connectivity index (χ2v) is 7.96. The van der Waals surface area contributed by atoms with Gasteiger partial charge in [-0.05, 0) is 79.9 Å². The van der Waals surface area contributed by atoms with E-state index in [1.807, 2.05) is 18.2 Å². The Morgan fingerprint density at radius 1 is 1.12 bits per heavy atom. The Morgan fingerprint density at radius 3 is 2.46 bits per heavy atom. The van der Waals surface area contributed by atoms with Gasteiger partial charge >= 0.3 is 8.69 Å². The summed E-state index contributed by atoms with van der Waals surface area (Å²) in [7, 11) is -0.313. The van der Waals surface area contributed by atoms with E-state index in [1.54, 1.807) is 5.57 Å². The summed E-state index contributed by atoms with van der Waals surface area (Å²) in [5, 5.41) is 0. The van der Waals surface area contributed by atoms with Gasteiger partial charge in [0.15, 0.2) is 0 Å². The summed E-state index contributed by atoms with van der Waals surface area (Å²) in [6, 6.07) is 7.86. The van der Waals surface area contributed by atoms with E-state index in [1.165, 1.54) is 32.1 Å². The van der Waals surface area contributed by atoms with Gasteiger partial charge in [-0.3, -0.25) is 0 Å². The van der Waals surface area contributed by atoms with Crippen LogP contribution in [0, 0.1) is 23.7 Å². The smallest absolute Gasteiger partial charge is 0.395 e. The lowest BCUT2D eigenvalue weighted by molar-refractivity contribution is 0.0665. The third-order valence-electron chi connectivity index (χ3n) is 5.97. The summed E-state index contributed by atoms with van der Waals surface area (Å²) >= 11 is 0. The van der Waals surface area contributed by atoms with Crippen LogP contribution < -0.4 is 4.52 Å². The molecule has 0 amide bonds. The first-order valence-electron chi connectivity index (χ1n) is 9.25. The zero-order chi connectivity index (χ0) is 16.5. The first kappa shape index (κ1) is 16.1. The molecular formula is C20H25O3P. The number of rotatable bonds is 6. The highest BCUT2D eigenvalue weighted by Crippen LogP contribution is 2.58. The predicted molar refractivity (Wildman–Crippen MR) is 94.9 cm³/mol. The average molecular weight is 344 g/mol. The number of ether oxygens (including phenoxy) is 1. The Labute approximate surface area is 145 Å². The van der Waals surface area contributed by atoms with Gasteiger partial charge in [0, 0.05) is 5.56 Å². The van der Waals surface area contributed by atoms with Crippen molar-refractivity contribution in [3.63, 3.8) is 0 Å². The van der Waals surface area contributed by atoms with Crippen LogP contribution in [0.4, 0.5) is 0 Å². The van der Waals surface area contributed by atoms with Crippen LogP contribution in [-0.2, 0) is 9.30 Å². The van der Waals surface area contributed by atoms with Crippen LogP contribution in [0.5, 0.6) is 5.75 Å². The molecule has 0 unspecified atom stereocenters. The van der Waals surface area contributed by atoms with E-state index in [-0.39, 0.29) is 8.69 Å². The molecule has 0 heterocycles. The summed E-state index contributed by atoms with van der Waals surface area (Å²) in [5.41, 5.74) is 2.64. The fourth-order valence-corrected chi connectivity index (χ4v) is 5.54. The van der Waals surface area contributed by atoms with E-state index in [4.69, 9.17) is 9.26 Å². The summed E-state index contributed by atoms with van der Waals surface area (Å²) in [4.78, 5) is 0. The van der Waals surface area contributed by atoms with Gasteiger partial charge in [0.05, 0.1) is 6.61 Å². The Kier molecular flexibility index (Phi) is 4.63. The minimum absolute atomic E-state index is 0.313. The minimum Gasteiger partial charge on any atom is -0.493 e. The molecule has 0 aromatic heterocycles. The quantitative estimate of drug-likeness (QED) is 0.478. The summed E-state index contributed by atoms with van der Waals surface area (Å²) < 4.78 is 22.2. The molecule has 24 heavy (non-hydrogen) atoms. The van der Waals surface area contributed by atoms with Crippen LogP contribution >= 0.6 is 8.69 Å². The number of hydrogen-bond acceptors (Lipinski definition) is 3. The topological polar surface area (TPSA) is 35.5 Å². The van der Waals surface area contributed by atoms with Gasteiger partial charge in [0.1, 0.15) is 11.5 Å². The molecule has 4 heteroatoms. The van der Waals surface area contributed by atoms with Gasteiger partial charge in [-0.2, -0.15) is 0 Å². The Hall–Kier alpha value is -1.34. The van der Waals surface area contributed by atoms with E-state index < -0.39 is 0 Å². The van der Waals surface area contributed by atoms with Gasteiger partial charge < -0.3 is 9.26 Å². The molecule has 4 bridgehead atoms. The summed E-state index contributed by atoms with van der Waals surface area (Å²) in [5.74, 6) is 5.01. The number of allylic oxidation sites excluding steroid dienone is 1. The molecule has 0 spiro atoms. The van der Waals surface area contributed by atoms with E-state index >= 15 is 0 Å². The lowest BCUT2D eigenvalue weighted by Gasteiger charge is -2.51. The fourth-order valence-electron chi connectivity index (χ4n) is 5.34. The van der Waals surface area contributed by atoms with Crippen molar-refractivity contribution in [2.75, 3.05) is 6.61 Å². The van der Waals surface area contributed by atoms with Crippen molar-refractivity contribution < 1.29 is 13.8 Å². The van der Waals surface area contributed by atoms with E-state index in [2.05, 4.69) is 13.0 Å². The van der Waals surface area contributed by atoms with Crippen molar-refractivity contribution in [2.45, 2.75) is 45.4 Å². The monoisotopic (exact) mass is 344 g/mol. The van der Waals surface area contributed by atoms with Crippen molar-refractivity contribution in [1.82, 2.24) is 0 Å². The second-order valence-electron chi connectivity index (χ2n) is 7.63. The van der Waals surface area contributed by atoms with Crippen molar-refractivity contribution in [3.05, 3.63) is 35.4 Å². The standard InChI is InChI=1S/C20H25O3P/c1-2-6-22-20(15-4-3-5-18(12-15)23-24-21)19-16-8-13-7-14(10-16)11-17(19)9-13/h3-5,12-14,16-17H,2,6-11H2,1H3. The van der Waals surface area contributed by atoms with E-state index in [0.717, 1.165) is 36.2 Å². The van der Waals surface area contributed by atoms with Gasteiger partial charge in [-0.15, -0.1) is 0 Å². The molecule has 1 aromatic rings. The van der Waals surface area contributed by atoms with Crippen LogP contribution in [0.15, 0.2) is 29.8 Å². The number of benzene rings is 1. The molecule has 3 nitrogen and oxygen atoms in total. The average Bonchev–Trinajstić information content (AvgIpc) is 2.57. The Bertz CT molecular complexity index is 622. The SMILES string of the molecule is CCCOC(=C1C2CC3CC(C2)CC1C3)c1cccc(OP=O)c1. The molecule has 4 aliphatic rings. The van der Waals surface area contributed by atoms with Gasteiger partial charge in [0.25, 0.3) is 0 Å². The van der Waals surface area contributed by atoms with Gasteiger partial charge in [0.2, 0.25) is 0 Å². The van der Waals surface area contributed by atoms with Gasteiger partial charge in [-0.25, -0.2) is 4.57 Å². The van der Waals surface area contributed by atoms with Gasteiger partial charge in [-0.1, -0.05) is 19.1 Å². The lowest BCUT2D eigenvalue weighted by atomic mass is 9.54. The molecule has 0 N–H and O–H groups in total. The van der Waals surface area contributed by atoms with E-state index in [0.29, 0.717) is 17.6 Å². The summed E-state index contributed by atoms with van der Waals surface area (Å²) in [6.07, 6.45) is 7.84. The molecule has 5 rings (SSSR count). The zero-order valence-electron chi connectivity index (χ0n) is 14.2. The maximum Gasteiger partial charge on any atom is 0.395 e. The van der Waals surface area contributed by atoms with Crippen molar-refractivity contribution in [1.29, 1.82) is 0 Å². The van der Waals surface area contributed by atoms with Crippen LogP contribution in [0.3, 0.4) is 0 Å². The number of hydrogen-bond donors (Lipinski definition) is 0. The zero-order valence-corrected chi connectivity index (χ0v) is 15.1. The van der Waals surface area contributed by atoms with Crippen LogP contribution in [0.2, 0.25) is 0 Å². The molecule has 4 saturated carbocycles. The Morgan fingerprint density at radius 2 is 1.83 bits per heavy atom. The van der Waals surface area contributed by atoms with E-state index in [9.17, 15) is 4.57 Å². The molecule has 0 aliphatic heterocycles. The highest BCUT2D eigenvalue weighted by atomic mass is 31.1. The third kappa shape index (κ3) is 2.99. The predicted octanol–water partition coefficient (Wildman–Crippen LogP) is 5.87. The van der Waals surface area contributed by atoms with Crippen LogP contribution in [-0.4, -0.2) is 6.61 Å². The molecule has 0 radical (unpaired) electrons.